The van der Waals surface area contributed by atoms with Crippen molar-refractivity contribution in [2.75, 3.05) is 24.6 Å². The SMILES string of the molecule is COc1ccc(N2CSC3=C(C#N)[C@H](c4cccc(F)c4)CC(=O)N3C2)cc1. The van der Waals surface area contributed by atoms with E-state index in [1.165, 1.54) is 23.9 Å². The number of hydrogen-bond donors (Lipinski definition) is 0. The number of carbonyl (C=O) groups excluding carboxylic acids is 1. The highest BCUT2D eigenvalue weighted by Gasteiger charge is 2.38. The second-order valence-corrected chi connectivity index (χ2v) is 7.55. The van der Waals surface area contributed by atoms with Crippen molar-refractivity contribution in [3.8, 4) is 11.8 Å². The molecule has 1 saturated heterocycles. The number of nitrogens with zero attached hydrogens (tertiary/aromatic N) is 3. The summed E-state index contributed by atoms with van der Waals surface area (Å²) < 4.78 is 18.9. The van der Waals surface area contributed by atoms with E-state index in [0.29, 0.717) is 28.7 Å². The van der Waals surface area contributed by atoms with Gasteiger partial charge in [-0.05, 0) is 42.0 Å². The standard InChI is InChI=1S/C21H18FN3O2S/c1-27-17-7-5-16(6-8-17)24-12-25-20(26)10-18(14-3-2-4-15(22)9-14)19(11-23)21(25)28-13-24/h2-9,18H,10,12-13H2,1H3/t18-/m0/s1. The van der Waals surface area contributed by atoms with Gasteiger partial charge in [-0.25, -0.2) is 4.39 Å². The van der Waals surface area contributed by atoms with Gasteiger partial charge in [0, 0.05) is 18.0 Å². The molecule has 28 heavy (non-hydrogen) atoms. The van der Waals surface area contributed by atoms with Crippen LogP contribution in [0, 0.1) is 17.1 Å². The molecule has 0 aliphatic carbocycles. The topological polar surface area (TPSA) is 56.6 Å². The number of carbonyl (C=O) groups is 1. The van der Waals surface area contributed by atoms with Gasteiger partial charge in [-0.3, -0.25) is 9.69 Å². The minimum absolute atomic E-state index is 0.0611. The first kappa shape index (κ1) is 18.4. The van der Waals surface area contributed by atoms with Gasteiger partial charge in [-0.15, -0.1) is 0 Å². The van der Waals surface area contributed by atoms with Crippen LogP contribution in [-0.2, 0) is 4.79 Å². The number of rotatable bonds is 3. The lowest BCUT2D eigenvalue weighted by molar-refractivity contribution is -0.129. The van der Waals surface area contributed by atoms with Crippen molar-refractivity contribution >= 4 is 23.4 Å². The maximum Gasteiger partial charge on any atom is 0.229 e. The molecule has 0 radical (unpaired) electrons. The lowest BCUT2D eigenvalue weighted by Crippen LogP contribution is -2.47. The Kier molecular flexibility index (Phi) is 4.97. The van der Waals surface area contributed by atoms with Gasteiger partial charge in [-0.1, -0.05) is 23.9 Å². The Bertz CT molecular complexity index is 984. The molecular weight excluding hydrogens is 377 g/mol. The van der Waals surface area contributed by atoms with Crippen molar-refractivity contribution in [3.05, 3.63) is 70.5 Å². The predicted octanol–water partition coefficient (Wildman–Crippen LogP) is 4.05. The van der Waals surface area contributed by atoms with Gasteiger partial charge in [0.25, 0.3) is 0 Å². The molecule has 0 bridgehead atoms. The first-order chi connectivity index (χ1) is 13.6. The number of ether oxygens (including phenoxy) is 1. The summed E-state index contributed by atoms with van der Waals surface area (Å²) in [6.07, 6.45) is 0.160. The smallest absolute Gasteiger partial charge is 0.229 e. The quantitative estimate of drug-likeness (QED) is 0.785. The molecule has 2 heterocycles. The van der Waals surface area contributed by atoms with E-state index >= 15 is 0 Å². The number of hydrogen-bond acceptors (Lipinski definition) is 5. The Morgan fingerprint density at radius 1 is 1.25 bits per heavy atom. The van der Waals surface area contributed by atoms with Crippen molar-refractivity contribution in [1.82, 2.24) is 4.90 Å². The summed E-state index contributed by atoms with van der Waals surface area (Å²) in [6, 6.07) is 16.1. The molecule has 1 atom stereocenters. The molecule has 4 rings (SSSR count). The Labute approximate surface area is 167 Å². The number of thioether (sulfide) groups is 1. The van der Waals surface area contributed by atoms with E-state index in [4.69, 9.17) is 4.74 Å². The number of methoxy groups -OCH3 is 1. The van der Waals surface area contributed by atoms with Crippen LogP contribution in [-0.4, -0.2) is 30.5 Å². The summed E-state index contributed by atoms with van der Waals surface area (Å²) in [7, 11) is 1.62. The second kappa shape index (κ2) is 7.56. The lowest BCUT2D eigenvalue weighted by Gasteiger charge is -2.42. The van der Waals surface area contributed by atoms with Gasteiger partial charge >= 0.3 is 0 Å². The number of allylic oxidation sites excluding steroid dienone is 1. The molecule has 7 heteroatoms. The van der Waals surface area contributed by atoms with Gasteiger partial charge in [0.1, 0.15) is 11.6 Å². The number of fused-ring (bicyclic) bond motifs is 1. The van der Waals surface area contributed by atoms with Crippen LogP contribution in [0.5, 0.6) is 5.75 Å². The fraction of sp³-hybridized carbons (Fsp3) is 0.238. The van der Waals surface area contributed by atoms with Crippen LogP contribution in [0.25, 0.3) is 0 Å². The molecule has 2 aromatic rings. The van der Waals surface area contributed by atoms with Crippen LogP contribution in [0.2, 0.25) is 0 Å². The van der Waals surface area contributed by atoms with Crippen molar-refractivity contribution in [1.29, 1.82) is 5.26 Å². The van der Waals surface area contributed by atoms with Gasteiger partial charge in [0.15, 0.2) is 0 Å². The molecule has 2 aliphatic heterocycles. The first-order valence-electron chi connectivity index (χ1n) is 8.82. The zero-order valence-electron chi connectivity index (χ0n) is 15.3. The summed E-state index contributed by atoms with van der Waals surface area (Å²) in [5.74, 6) is 0.560. The van der Waals surface area contributed by atoms with Gasteiger partial charge in [0.2, 0.25) is 5.91 Å². The highest BCUT2D eigenvalue weighted by atomic mass is 32.2. The average Bonchev–Trinajstić information content (AvgIpc) is 2.73. The number of nitriles is 1. The van der Waals surface area contributed by atoms with Crippen molar-refractivity contribution in [2.24, 2.45) is 0 Å². The van der Waals surface area contributed by atoms with Gasteiger partial charge in [-0.2, -0.15) is 5.26 Å². The van der Waals surface area contributed by atoms with E-state index in [1.54, 1.807) is 24.1 Å². The second-order valence-electron chi connectivity index (χ2n) is 6.62. The Morgan fingerprint density at radius 3 is 2.71 bits per heavy atom. The molecule has 0 saturated carbocycles. The zero-order chi connectivity index (χ0) is 19.7. The third kappa shape index (κ3) is 3.32. The minimum atomic E-state index is -0.403. The monoisotopic (exact) mass is 395 g/mol. The number of halogens is 1. The summed E-state index contributed by atoms with van der Waals surface area (Å²) in [5.41, 5.74) is 2.17. The average molecular weight is 395 g/mol. The van der Waals surface area contributed by atoms with Crippen LogP contribution in [0.4, 0.5) is 10.1 Å². The summed E-state index contributed by atoms with van der Waals surface area (Å²) >= 11 is 1.46. The minimum Gasteiger partial charge on any atom is -0.497 e. The fourth-order valence-electron chi connectivity index (χ4n) is 3.53. The van der Waals surface area contributed by atoms with E-state index in [-0.39, 0.29) is 18.1 Å². The van der Waals surface area contributed by atoms with Crippen LogP contribution in [0.3, 0.4) is 0 Å². The molecule has 2 aromatic carbocycles. The predicted molar refractivity (Wildman–Crippen MR) is 106 cm³/mol. The molecule has 0 N–H and O–H groups in total. The molecule has 0 unspecified atom stereocenters. The van der Waals surface area contributed by atoms with Gasteiger partial charge < -0.3 is 9.64 Å². The van der Waals surface area contributed by atoms with Crippen LogP contribution in [0.1, 0.15) is 17.9 Å². The molecule has 142 valence electrons. The summed E-state index contributed by atoms with van der Waals surface area (Å²) in [5, 5.41) is 10.5. The van der Waals surface area contributed by atoms with E-state index in [0.717, 1.165) is 11.4 Å². The van der Waals surface area contributed by atoms with Crippen LogP contribution < -0.4 is 9.64 Å². The third-order valence-corrected chi connectivity index (χ3v) is 6.14. The molecule has 0 aromatic heterocycles. The Balaban J connectivity index is 1.64. The number of anilines is 1. The largest absolute Gasteiger partial charge is 0.497 e. The van der Waals surface area contributed by atoms with Crippen molar-refractivity contribution in [2.45, 2.75) is 12.3 Å². The molecule has 1 amide bonds. The summed E-state index contributed by atoms with van der Waals surface area (Å²) in [6.45, 7) is 0.383. The normalized spacial score (nSPS) is 19.3. The number of benzene rings is 2. The van der Waals surface area contributed by atoms with E-state index in [2.05, 4.69) is 11.0 Å². The maximum absolute atomic E-state index is 13.7. The maximum atomic E-state index is 13.7. The van der Waals surface area contributed by atoms with E-state index in [9.17, 15) is 14.4 Å². The van der Waals surface area contributed by atoms with Crippen LogP contribution in [0.15, 0.2) is 59.1 Å². The molecule has 2 aliphatic rings. The molecule has 5 nitrogen and oxygen atoms in total. The number of amides is 1. The van der Waals surface area contributed by atoms with Crippen molar-refractivity contribution in [3.63, 3.8) is 0 Å². The fourth-order valence-corrected chi connectivity index (χ4v) is 4.69. The van der Waals surface area contributed by atoms with E-state index in [1.807, 2.05) is 24.3 Å². The van der Waals surface area contributed by atoms with Crippen molar-refractivity contribution < 1.29 is 13.9 Å². The molecular formula is C21H18FN3O2S. The van der Waals surface area contributed by atoms with Crippen LogP contribution >= 0.6 is 11.8 Å². The lowest BCUT2D eigenvalue weighted by atomic mass is 9.86. The third-order valence-electron chi connectivity index (χ3n) is 4.98. The van der Waals surface area contributed by atoms with E-state index < -0.39 is 5.92 Å². The highest BCUT2D eigenvalue weighted by Crippen LogP contribution is 2.43. The Hall–Kier alpha value is -2.98. The highest BCUT2D eigenvalue weighted by molar-refractivity contribution is 8.03. The van der Waals surface area contributed by atoms with Gasteiger partial charge in [0.05, 0.1) is 36.3 Å². The summed E-state index contributed by atoms with van der Waals surface area (Å²) in [4.78, 5) is 16.6. The molecule has 0 spiro atoms. The molecule has 1 fully saturated rings. The first-order valence-corrected chi connectivity index (χ1v) is 9.81. The zero-order valence-corrected chi connectivity index (χ0v) is 16.1. The Morgan fingerprint density at radius 2 is 2.04 bits per heavy atom.